The first kappa shape index (κ1) is 43.6. The van der Waals surface area contributed by atoms with E-state index < -0.39 is 0 Å². The van der Waals surface area contributed by atoms with Crippen molar-refractivity contribution in [1.82, 2.24) is 4.57 Å². The first-order valence-corrected chi connectivity index (χ1v) is 25.1. The zero-order valence-electron chi connectivity index (χ0n) is 41.1. The minimum atomic E-state index is 1.07. The number of rotatable bonds is 10. The van der Waals surface area contributed by atoms with Gasteiger partial charge in [-0.15, -0.1) is 0 Å². The van der Waals surface area contributed by atoms with Crippen molar-refractivity contribution in [1.29, 1.82) is 0 Å². The summed E-state index contributed by atoms with van der Waals surface area (Å²) in [5.41, 5.74) is 16.8. The van der Waals surface area contributed by atoms with E-state index in [-0.39, 0.29) is 0 Å². The second kappa shape index (κ2) is 18.1. The second-order valence-corrected chi connectivity index (χ2v) is 19.4. The average molecular weight is 937 g/mol. The van der Waals surface area contributed by atoms with Crippen LogP contribution in [0.25, 0.3) is 59.8 Å². The normalized spacial score (nSPS) is 11.5. The van der Waals surface area contributed by atoms with Gasteiger partial charge >= 0.3 is 0 Å². The molecule has 0 radical (unpaired) electrons. The third-order valence-corrected chi connectivity index (χ3v) is 14.4. The summed E-state index contributed by atoms with van der Waals surface area (Å²) in [4.78, 5) is 7.17. The number of aromatic nitrogens is 1. The first-order valence-electron chi connectivity index (χ1n) is 25.1. The molecule has 12 aromatic carbocycles. The molecular weight excluding hydrogens is 885 g/mol. The lowest BCUT2D eigenvalue weighted by atomic mass is 10.1. The molecule has 0 N–H and O–H groups in total. The van der Waals surface area contributed by atoms with Crippen LogP contribution < -0.4 is 14.7 Å². The van der Waals surface area contributed by atoms with Gasteiger partial charge < -0.3 is 19.3 Å². The highest BCUT2D eigenvalue weighted by molar-refractivity contribution is 6.12. The maximum atomic E-state index is 2.47. The van der Waals surface area contributed by atoms with E-state index in [9.17, 15) is 0 Å². The van der Waals surface area contributed by atoms with Gasteiger partial charge in [-0.2, -0.15) is 0 Å². The number of hydrogen-bond donors (Lipinski definition) is 0. The highest BCUT2D eigenvalue weighted by Gasteiger charge is 2.22. The van der Waals surface area contributed by atoms with Crippen molar-refractivity contribution in [3.8, 4) is 5.69 Å². The molecule has 0 aliphatic carbocycles. The van der Waals surface area contributed by atoms with Crippen molar-refractivity contribution >= 4 is 105 Å². The molecule has 4 heteroatoms. The fourth-order valence-corrected chi connectivity index (χ4v) is 10.9. The van der Waals surface area contributed by atoms with Crippen LogP contribution in [0.3, 0.4) is 0 Å². The zero-order chi connectivity index (χ0) is 49.0. The van der Waals surface area contributed by atoms with Crippen molar-refractivity contribution in [3.63, 3.8) is 0 Å². The van der Waals surface area contributed by atoms with E-state index in [2.05, 4.69) is 301 Å². The smallest absolute Gasteiger partial charge is 0.0561 e. The Kier molecular flexibility index (Phi) is 10.8. The van der Waals surface area contributed by atoms with Gasteiger partial charge in [-0.25, -0.2) is 0 Å². The molecule has 0 amide bonds. The van der Waals surface area contributed by atoms with Gasteiger partial charge in [0.2, 0.25) is 0 Å². The third-order valence-electron chi connectivity index (χ3n) is 14.4. The molecular formula is C69H52N4. The summed E-state index contributed by atoms with van der Waals surface area (Å²) >= 11 is 0. The molecule has 0 atom stereocenters. The van der Waals surface area contributed by atoms with E-state index >= 15 is 0 Å². The van der Waals surface area contributed by atoms with Crippen LogP contribution in [-0.2, 0) is 0 Å². The van der Waals surface area contributed by atoms with E-state index in [1.165, 1.54) is 59.8 Å². The van der Waals surface area contributed by atoms with E-state index in [1.54, 1.807) is 0 Å². The Hall–Kier alpha value is -9.38. The monoisotopic (exact) mass is 936 g/mol. The van der Waals surface area contributed by atoms with Crippen LogP contribution in [0.15, 0.2) is 261 Å². The molecule has 0 bridgehead atoms. The Bertz CT molecular complexity index is 4040. The Morgan fingerprint density at radius 1 is 0.233 bits per heavy atom. The molecule has 1 heterocycles. The first-order chi connectivity index (χ1) is 35.9. The average Bonchev–Trinajstić information content (AvgIpc) is 3.74. The fourth-order valence-electron chi connectivity index (χ4n) is 10.9. The van der Waals surface area contributed by atoms with E-state index in [0.717, 1.165) is 67.9 Å². The SMILES string of the molecule is Cc1cccc(N(c2ccc(-n3c4cc(N(c5cccc(C)c5)c5ccc6ccccc6c5)ccc4c4ccc(N(c5cccc(C)c5)c5ccc6ccccc6c5)cc43)cc2)c2ccc3ccccc3c2)c1. The summed E-state index contributed by atoms with van der Waals surface area (Å²) in [7, 11) is 0. The zero-order valence-corrected chi connectivity index (χ0v) is 41.1. The quantitative estimate of drug-likeness (QED) is 0.136. The fraction of sp³-hybridized carbons (Fsp3) is 0.0435. The summed E-state index contributed by atoms with van der Waals surface area (Å²) in [6.07, 6.45) is 0. The van der Waals surface area contributed by atoms with Crippen molar-refractivity contribution in [2.75, 3.05) is 14.7 Å². The molecule has 0 unspecified atom stereocenters. The lowest BCUT2D eigenvalue weighted by Gasteiger charge is -2.27. The number of aryl methyl sites for hydroxylation is 3. The molecule has 0 fully saturated rings. The summed E-state index contributed by atoms with van der Waals surface area (Å²) in [6, 6.07) is 95.7. The second-order valence-electron chi connectivity index (χ2n) is 19.4. The Morgan fingerprint density at radius 3 is 0.904 bits per heavy atom. The number of nitrogens with zero attached hydrogens (tertiary/aromatic N) is 4. The highest BCUT2D eigenvalue weighted by atomic mass is 15.2. The molecule has 0 aliphatic heterocycles. The summed E-state index contributed by atoms with van der Waals surface area (Å²) in [5, 5.41) is 9.63. The minimum absolute atomic E-state index is 1.07. The lowest BCUT2D eigenvalue weighted by molar-refractivity contribution is 1.17. The van der Waals surface area contributed by atoms with Gasteiger partial charge in [-0.05, 0) is 191 Å². The summed E-state index contributed by atoms with van der Waals surface area (Å²) in [5.74, 6) is 0. The topological polar surface area (TPSA) is 14.7 Å². The van der Waals surface area contributed by atoms with E-state index in [1.807, 2.05) is 0 Å². The Balaban J connectivity index is 1.03. The van der Waals surface area contributed by atoms with Crippen molar-refractivity contribution in [2.45, 2.75) is 20.8 Å². The predicted octanol–water partition coefficient (Wildman–Crippen LogP) is 19.6. The maximum Gasteiger partial charge on any atom is 0.0561 e. The van der Waals surface area contributed by atoms with Gasteiger partial charge in [0, 0.05) is 67.6 Å². The van der Waals surface area contributed by atoms with Crippen LogP contribution in [0.1, 0.15) is 16.7 Å². The third kappa shape index (κ3) is 8.09. The molecule has 13 aromatic rings. The lowest BCUT2D eigenvalue weighted by Crippen LogP contribution is -2.11. The number of fused-ring (bicyclic) bond motifs is 6. The molecule has 0 saturated carbocycles. The Labute approximate surface area is 426 Å². The number of anilines is 9. The van der Waals surface area contributed by atoms with Crippen LogP contribution in [0.4, 0.5) is 51.2 Å². The minimum Gasteiger partial charge on any atom is -0.310 e. The molecule has 0 aliphatic rings. The van der Waals surface area contributed by atoms with Gasteiger partial charge in [0.1, 0.15) is 0 Å². The molecule has 4 nitrogen and oxygen atoms in total. The molecule has 1 aromatic heterocycles. The van der Waals surface area contributed by atoms with Crippen molar-refractivity contribution in [3.05, 3.63) is 278 Å². The number of benzene rings is 12. The molecule has 0 saturated heterocycles. The van der Waals surface area contributed by atoms with Crippen LogP contribution in [0, 0.1) is 20.8 Å². The van der Waals surface area contributed by atoms with Gasteiger partial charge in [0.25, 0.3) is 0 Å². The van der Waals surface area contributed by atoms with Crippen molar-refractivity contribution < 1.29 is 0 Å². The standard InChI is InChI=1S/C69H52N4/c1-47-13-10-22-58(39-47)70(61-28-25-50-16-4-7-19-53(50)42-61)56-31-33-57(34-32-56)73-68-45-64(71(59-23-11-14-48(2)40-59)62-29-26-51-17-5-8-20-54(51)43-62)35-37-66(68)67-38-36-65(46-69(67)73)72(60-24-12-15-49(3)41-60)63-30-27-52-18-6-9-21-55(52)44-63/h4-46H,1-3H3. The summed E-state index contributed by atoms with van der Waals surface area (Å²) in [6.45, 7) is 6.50. The largest absolute Gasteiger partial charge is 0.310 e. The van der Waals surface area contributed by atoms with Gasteiger partial charge in [-0.3, -0.25) is 0 Å². The van der Waals surface area contributed by atoms with Crippen LogP contribution in [0.2, 0.25) is 0 Å². The molecule has 348 valence electrons. The molecule has 73 heavy (non-hydrogen) atoms. The van der Waals surface area contributed by atoms with Gasteiger partial charge in [0.05, 0.1) is 11.0 Å². The van der Waals surface area contributed by atoms with Gasteiger partial charge in [-0.1, -0.05) is 140 Å². The van der Waals surface area contributed by atoms with Crippen LogP contribution in [0.5, 0.6) is 0 Å². The summed E-state index contributed by atoms with van der Waals surface area (Å²) < 4.78 is 2.47. The maximum absolute atomic E-state index is 2.47. The van der Waals surface area contributed by atoms with Gasteiger partial charge in [0.15, 0.2) is 0 Å². The van der Waals surface area contributed by atoms with E-state index in [4.69, 9.17) is 0 Å². The molecule has 13 rings (SSSR count). The highest BCUT2D eigenvalue weighted by Crippen LogP contribution is 2.45. The Morgan fingerprint density at radius 2 is 0.534 bits per heavy atom. The van der Waals surface area contributed by atoms with E-state index in [0.29, 0.717) is 0 Å². The number of hydrogen-bond acceptors (Lipinski definition) is 3. The van der Waals surface area contributed by atoms with Crippen LogP contribution in [-0.4, -0.2) is 4.57 Å². The predicted molar refractivity (Wildman–Crippen MR) is 312 cm³/mol. The van der Waals surface area contributed by atoms with Crippen molar-refractivity contribution in [2.24, 2.45) is 0 Å². The van der Waals surface area contributed by atoms with Crippen LogP contribution >= 0.6 is 0 Å². The molecule has 0 spiro atoms.